The molecule has 1 amide bonds. The predicted molar refractivity (Wildman–Crippen MR) is 152 cm³/mol. The number of carbonyl (C=O) groups excluding carboxylic acids is 1. The third-order valence-corrected chi connectivity index (χ3v) is 11.7. The minimum Gasteiger partial charge on any atom is -0.385 e. The summed E-state index contributed by atoms with van der Waals surface area (Å²) >= 11 is 1.44. The van der Waals surface area contributed by atoms with Crippen molar-refractivity contribution in [2.75, 3.05) is 11.5 Å². The minimum atomic E-state index is -2.99. The highest BCUT2D eigenvalue weighted by molar-refractivity contribution is 7.91. The number of benzene rings is 2. The summed E-state index contributed by atoms with van der Waals surface area (Å²) in [6.07, 6.45) is 10.6. The molecule has 0 bridgehead atoms. The van der Waals surface area contributed by atoms with Crippen molar-refractivity contribution in [3.8, 4) is 10.4 Å². The number of amides is 1. The standard InChI is InChI=1S/C30H36N2O4S2/c33-28(31-21-13-17-38(35,36)18-14-21)29-32-26(19-20-7-2-1-3-8-20)27(37-29)24-11-12-25(30(34)15-6-16-30)23-10-5-4-9-22(23)24/h4-5,9-12,20-21,34H,1-3,6-8,13-19H2,(H,31,33). The van der Waals surface area contributed by atoms with Crippen LogP contribution in [0.2, 0.25) is 0 Å². The van der Waals surface area contributed by atoms with Crippen molar-refractivity contribution < 1.29 is 18.3 Å². The largest absolute Gasteiger partial charge is 0.385 e. The molecule has 3 fully saturated rings. The second-order valence-electron chi connectivity index (χ2n) is 11.5. The van der Waals surface area contributed by atoms with Crippen molar-refractivity contribution in [1.82, 2.24) is 10.3 Å². The summed E-state index contributed by atoms with van der Waals surface area (Å²) in [5, 5.41) is 16.8. The number of sulfone groups is 1. The van der Waals surface area contributed by atoms with Gasteiger partial charge in [-0.25, -0.2) is 13.4 Å². The second-order valence-corrected chi connectivity index (χ2v) is 14.8. The van der Waals surface area contributed by atoms with E-state index in [0.29, 0.717) is 23.8 Å². The molecule has 0 radical (unpaired) electrons. The zero-order valence-electron chi connectivity index (χ0n) is 21.7. The van der Waals surface area contributed by atoms with Gasteiger partial charge in [-0.15, -0.1) is 11.3 Å². The van der Waals surface area contributed by atoms with E-state index in [9.17, 15) is 18.3 Å². The average molecular weight is 553 g/mol. The van der Waals surface area contributed by atoms with Crippen LogP contribution in [0.3, 0.4) is 0 Å². The van der Waals surface area contributed by atoms with Gasteiger partial charge in [-0.1, -0.05) is 68.5 Å². The molecule has 8 heteroatoms. The van der Waals surface area contributed by atoms with Gasteiger partial charge in [0, 0.05) is 11.6 Å². The molecule has 1 aliphatic heterocycles. The smallest absolute Gasteiger partial charge is 0.280 e. The molecule has 2 aromatic carbocycles. The molecule has 2 aliphatic carbocycles. The van der Waals surface area contributed by atoms with Crippen molar-refractivity contribution >= 4 is 37.9 Å². The molecular weight excluding hydrogens is 516 g/mol. The van der Waals surface area contributed by atoms with Crippen LogP contribution in [-0.4, -0.2) is 42.0 Å². The van der Waals surface area contributed by atoms with Gasteiger partial charge in [0.15, 0.2) is 5.01 Å². The molecular formula is C30H36N2O4S2. The Morgan fingerprint density at radius 2 is 1.68 bits per heavy atom. The maximum Gasteiger partial charge on any atom is 0.280 e. The van der Waals surface area contributed by atoms with Gasteiger partial charge in [-0.3, -0.25) is 4.79 Å². The molecule has 1 aromatic heterocycles. The lowest BCUT2D eigenvalue weighted by Gasteiger charge is -2.38. The molecule has 3 aliphatic rings. The first-order valence-corrected chi connectivity index (χ1v) is 16.7. The van der Waals surface area contributed by atoms with Crippen LogP contribution in [-0.2, 0) is 21.9 Å². The van der Waals surface area contributed by atoms with E-state index in [1.54, 1.807) is 0 Å². The monoisotopic (exact) mass is 552 g/mol. The first-order valence-electron chi connectivity index (χ1n) is 14.1. The number of hydrogen-bond acceptors (Lipinski definition) is 6. The molecule has 202 valence electrons. The normalized spacial score (nSPS) is 21.7. The minimum absolute atomic E-state index is 0.124. The van der Waals surface area contributed by atoms with E-state index in [0.717, 1.165) is 58.2 Å². The van der Waals surface area contributed by atoms with E-state index in [2.05, 4.69) is 29.6 Å². The van der Waals surface area contributed by atoms with Crippen LogP contribution in [0.15, 0.2) is 36.4 Å². The molecule has 2 heterocycles. The lowest BCUT2D eigenvalue weighted by atomic mass is 9.73. The van der Waals surface area contributed by atoms with E-state index < -0.39 is 15.4 Å². The zero-order chi connectivity index (χ0) is 26.3. The number of aromatic nitrogens is 1. The van der Waals surface area contributed by atoms with Crippen LogP contribution >= 0.6 is 11.3 Å². The lowest BCUT2D eigenvalue weighted by molar-refractivity contribution is -0.0374. The summed E-state index contributed by atoms with van der Waals surface area (Å²) < 4.78 is 23.6. The Bertz CT molecular complexity index is 1440. The summed E-state index contributed by atoms with van der Waals surface area (Å²) in [6.45, 7) is 0. The van der Waals surface area contributed by atoms with Gasteiger partial charge in [0.05, 0.1) is 27.7 Å². The van der Waals surface area contributed by atoms with Gasteiger partial charge < -0.3 is 10.4 Å². The Morgan fingerprint density at radius 3 is 2.37 bits per heavy atom. The molecule has 2 N–H and O–H groups in total. The van der Waals surface area contributed by atoms with Crippen LogP contribution in [0.5, 0.6) is 0 Å². The van der Waals surface area contributed by atoms with E-state index >= 15 is 0 Å². The fourth-order valence-electron chi connectivity index (χ4n) is 6.43. The summed E-state index contributed by atoms with van der Waals surface area (Å²) in [4.78, 5) is 19.3. The second kappa shape index (κ2) is 10.4. The average Bonchev–Trinajstić information content (AvgIpc) is 3.32. The molecule has 1 saturated heterocycles. The van der Waals surface area contributed by atoms with E-state index in [-0.39, 0.29) is 23.5 Å². The predicted octanol–water partition coefficient (Wildman–Crippen LogP) is 5.76. The van der Waals surface area contributed by atoms with Crippen LogP contribution < -0.4 is 5.32 Å². The Morgan fingerprint density at radius 1 is 0.974 bits per heavy atom. The highest BCUT2D eigenvalue weighted by Crippen LogP contribution is 2.46. The molecule has 3 aromatic rings. The van der Waals surface area contributed by atoms with Gasteiger partial charge >= 0.3 is 0 Å². The summed E-state index contributed by atoms with van der Waals surface area (Å²) in [6, 6.07) is 12.3. The van der Waals surface area contributed by atoms with Crippen LogP contribution in [0, 0.1) is 5.92 Å². The van der Waals surface area contributed by atoms with Gasteiger partial charge in [0.1, 0.15) is 9.84 Å². The van der Waals surface area contributed by atoms with Gasteiger partial charge in [-0.2, -0.15) is 0 Å². The van der Waals surface area contributed by atoms with Gasteiger partial charge in [0.25, 0.3) is 5.91 Å². The number of rotatable bonds is 6. The molecule has 6 rings (SSSR count). The SMILES string of the molecule is O=C(NC1CCS(=O)(=O)CC1)c1nc(CC2CCCCC2)c(-c2ccc(C3(O)CCC3)c3ccccc23)s1. The number of thiazole rings is 1. The van der Waals surface area contributed by atoms with Crippen molar-refractivity contribution in [3.05, 3.63) is 52.7 Å². The van der Waals surface area contributed by atoms with Crippen molar-refractivity contribution in [2.45, 2.75) is 82.3 Å². The third-order valence-electron chi connectivity index (χ3n) is 8.84. The lowest BCUT2D eigenvalue weighted by Crippen LogP contribution is -2.40. The summed E-state index contributed by atoms with van der Waals surface area (Å²) in [5.41, 5.74) is 2.29. The molecule has 0 unspecified atom stereocenters. The van der Waals surface area contributed by atoms with Crippen molar-refractivity contribution in [1.29, 1.82) is 0 Å². The Kier molecular flexibility index (Phi) is 7.08. The maximum atomic E-state index is 13.3. The van der Waals surface area contributed by atoms with Crippen molar-refractivity contribution in [3.63, 3.8) is 0 Å². The van der Waals surface area contributed by atoms with E-state index in [4.69, 9.17) is 4.98 Å². The van der Waals surface area contributed by atoms with E-state index in [1.165, 1.54) is 43.4 Å². The topological polar surface area (TPSA) is 96.4 Å². The Balaban J connectivity index is 1.36. The molecule has 0 spiro atoms. The Hall–Kier alpha value is -2.29. The van der Waals surface area contributed by atoms with Crippen molar-refractivity contribution in [2.24, 2.45) is 5.92 Å². The quantitative estimate of drug-likeness (QED) is 0.405. The van der Waals surface area contributed by atoms with Crippen LogP contribution in [0.1, 0.15) is 85.3 Å². The third kappa shape index (κ3) is 5.15. The van der Waals surface area contributed by atoms with Crippen LogP contribution in [0.25, 0.3) is 21.2 Å². The first-order chi connectivity index (χ1) is 18.3. The number of hydrogen-bond donors (Lipinski definition) is 2. The number of aliphatic hydroxyl groups is 1. The number of nitrogens with zero attached hydrogens (tertiary/aromatic N) is 1. The van der Waals surface area contributed by atoms with Gasteiger partial charge in [0.2, 0.25) is 0 Å². The molecule has 0 atom stereocenters. The Labute approximate surface area is 228 Å². The molecule has 2 saturated carbocycles. The number of carbonyl (C=O) groups is 1. The van der Waals surface area contributed by atoms with Crippen LogP contribution in [0.4, 0.5) is 0 Å². The molecule has 6 nitrogen and oxygen atoms in total. The highest BCUT2D eigenvalue weighted by atomic mass is 32.2. The zero-order valence-corrected chi connectivity index (χ0v) is 23.4. The summed E-state index contributed by atoms with van der Waals surface area (Å²) in [7, 11) is -2.99. The number of nitrogens with one attached hydrogen (secondary N) is 1. The summed E-state index contributed by atoms with van der Waals surface area (Å²) in [5.74, 6) is 0.614. The number of fused-ring (bicyclic) bond motifs is 1. The maximum absolute atomic E-state index is 13.3. The fraction of sp³-hybridized carbons (Fsp3) is 0.533. The highest BCUT2D eigenvalue weighted by Gasteiger charge is 2.38. The van der Waals surface area contributed by atoms with E-state index in [1.807, 2.05) is 12.1 Å². The van der Waals surface area contributed by atoms with Gasteiger partial charge in [-0.05, 0) is 60.8 Å². The fourth-order valence-corrected chi connectivity index (χ4v) is 8.95. The first kappa shape index (κ1) is 26.0. The molecule has 38 heavy (non-hydrogen) atoms.